The third-order valence-electron chi connectivity index (χ3n) is 4.75. The van der Waals surface area contributed by atoms with E-state index in [4.69, 9.17) is 4.74 Å². The van der Waals surface area contributed by atoms with Crippen molar-refractivity contribution in [3.63, 3.8) is 0 Å². The smallest absolute Gasteiger partial charge is 0.126 e. The van der Waals surface area contributed by atoms with Crippen LogP contribution in [-0.4, -0.2) is 12.2 Å². The van der Waals surface area contributed by atoms with Crippen LogP contribution in [0, 0.1) is 19.8 Å². The van der Waals surface area contributed by atoms with E-state index in [0.29, 0.717) is 11.7 Å². The minimum atomic E-state index is 0.144. The summed E-state index contributed by atoms with van der Waals surface area (Å²) in [6, 6.07) is 2.03. The maximum absolute atomic E-state index is 10.7. The van der Waals surface area contributed by atoms with E-state index in [1.165, 1.54) is 11.1 Å². The number of benzene rings is 1. The third kappa shape index (κ3) is 2.85. The average molecular weight is 286 g/mol. The molecule has 0 bridgehead atoms. The molecule has 0 aliphatic heterocycles. The topological polar surface area (TPSA) is 29.5 Å². The molecule has 1 unspecified atom stereocenters. The first kappa shape index (κ1) is 15.7. The molecule has 2 heteroatoms. The summed E-state index contributed by atoms with van der Waals surface area (Å²) in [4.78, 5) is 0. The molecule has 0 spiro atoms. The van der Waals surface area contributed by atoms with Crippen LogP contribution in [0.15, 0.2) is 29.9 Å². The van der Waals surface area contributed by atoms with Crippen molar-refractivity contribution in [3.8, 4) is 11.5 Å². The van der Waals surface area contributed by atoms with Crippen LogP contribution in [0.4, 0.5) is 0 Å². The number of allylic oxidation sites excluding steroid dienone is 3. The lowest BCUT2D eigenvalue weighted by Crippen LogP contribution is -2.18. The van der Waals surface area contributed by atoms with Gasteiger partial charge in [-0.05, 0) is 63.6 Å². The van der Waals surface area contributed by atoms with Crippen LogP contribution >= 0.6 is 0 Å². The molecule has 2 rings (SSSR count). The van der Waals surface area contributed by atoms with E-state index in [9.17, 15) is 5.11 Å². The predicted octanol–water partition coefficient (Wildman–Crippen LogP) is 5.03. The van der Waals surface area contributed by atoms with Crippen LogP contribution in [-0.2, 0) is 0 Å². The molecule has 2 atom stereocenters. The van der Waals surface area contributed by atoms with Gasteiger partial charge in [0.15, 0.2) is 0 Å². The summed E-state index contributed by atoms with van der Waals surface area (Å²) >= 11 is 0. The molecule has 1 aliphatic carbocycles. The largest absolute Gasteiger partial charge is 0.507 e. The molecule has 0 radical (unpaired) electrons. The highest BCUT2D eigenvalue weighted by Gasteiger charge is 2.31. The van der Waals surface area contributed by atoms with Crippen LogP contribution in [0.25, 0.3) is 0 Å². The minimum Gasteiger partial charge on any atom is -0.507 e. The lowest BCUT2D eigenvalue weighted by atomic mass is 9.73. The van der Waals surface area contributed by atoms with Gasteiger partial charge in [0.1, 0.15) is 11.5 Å². The molecule has 2 nitrogen and oxygen atoms in total. The Morgan fingerprint density at radius 2 is 2.00 bits per heavy atom. The molecule has 0 saturated heterocycles. The number of hydrogen-bond acceptors (Lipinski definition) is 2. The first-order valence-corrected chi connectivity index (χ1v) is 7.56. The molecule has 114 valence electrons. The van der Waals surface area contributed by atoms with Crippen molar-refractivity contribution in [1.82, 2.24) is 0 Å². The molecule has 1 aliphatic rings. The Bertz CT molecular complexity index is 596. The molecule has 1 aromatic rings. The number of phenols is 1. The Kier molecular flexibility index (Phi) is 4.46. The molecular weight excluding hydrogens is 260 g/mol. The van der Waals surface area contributed by atoms with Gasteiger partial charge in [-0.3, -0.25) is 0 Å². The summed E-state index contributed by atoms with van der Waals surface area (Å²) < 4.78 is 5.56. The van der Waals surface area contributed by atoms with Gasteiger partial charge in [-0.2, -0.15) is 0 Å². The van der Waals surface area contributed by atoms with Crippen molar-refractivity contribution in [2.24, 2.45) is 5.92 Å². The molecule has 1 N–H and O–H groups in total. The van der Waals surface area contributed by atoms with E-state index in [0.717, 1.165) is 35.3 Å². The number of methoxy groups -OCH3 is 1. The van der Waals surface area contributed by atoms with E-state index in [-0.39, 0.29) is 5.92 Å². The quantitative estimate of drug-likeness (QED) is 0.789. The summed E-state index contributed by atoms with van der Waals surface area (Å²) in [5.74, 6) is 1.65. The molecule has 1 aromatic carbocycles. The summed E-state index contributed by atoms with van der Waals surface area (Å²) in [6.07, 6.45) is 4.45. The number of hydrogen-bond donors (Lipinski definition) is 1. The summed E-state index contributed by atoms with van der Waals surface area (Å²) in [6.45, 7) is 12.4. The van der Waals surface area contributed by atoms with Crippen molar-refractivity contribution < 1.29 is 9.84 Å². The third-order valence-corrected chi connectivity index (χ3v) is 4.75. The monoisotopic (exact) mass is 286 g/mol. The second-order valence-electron chi connectivity index (χ2n) is 6.31. The highest BCUT2D eigenvalue weighted by atomic mass is 16.5. The summed E-state index contributed by atoms with van der Waals surface area (Å²) in [7, 11) is 1.67. The normalized spacial score (nSPS) is 21.9. The lowest BCUT2D eigenvalue weighted by Gasteiger charge is -2.32. The maximum atomic E-state index is 10.7. The van der Waals surface area contributed by atoms with Crippen LogP contribution in [0.1, 0.15) is 49.3 Å². The van der Waals surface area contributed by atoms with Gasteiger partial charge in [-0.25, -0.2) is 0 Å². The van der Waals surface area contributed by atoms with Gasteiger partial charge >= 0.3 is 0 Å². The minimum absolute atomic E-state index is 0.144. The highest BCUT2D eigenvalue weighted by molar-refractivity contribution is 5.56. The Balaban J connectivity index is 2.65. The number of aromatic hydroxyl groups is 1. The maximum Gasteiger partial charge on any atom is 0.126 e. The Morgan fingerprint density at radius 3 is 2.57 bits per heavy atom. The van der Waals surface area contributed by atoms with Crippen molar-refractivity contribution in [1.29, 1.82) is 0 Å². The van der Waals surface area contributed by atoms with Crippen LogP contribution in [0.3, 0.4) is 0 Å². The van der Waals surface area contributed by atoms with Crippen molar-refractivity contribution in [2.75, 3.05) is 7.11 Å². The van der Waals surface area contributed by atoms with Crippen LogP contribution in [0.2, 0.25) is 0 Å². The second-order valence-corrected chi connectivity index (χ2v) is 6.31. The van der Waals surface area contributed by atoms with Crippen molar-refractivity contribution in [2.45, 2.75) is 46.5 Å². The fourth-order valence-electron chi connectivity index (χ4n) is 3.29. The van der Waals surface area contributed by atoms with Crippen molar-refractivity contribution >= 4 is 0 Å². The fraction of sp³-hybridized carbons (Fsp3) is 0.474. The zero-order valence-corrected chi connectivity index (χ0v) is 13.8. The van der Waals surface area contributed by atoms with E-state index in [1.54, 1.807) is 7.11 Å². The first-order chi connectivity index (χ1) is 9.86. The number of rotatable bonds is 3. The van der Waals surface area contributed by atoms with Gasteiger partial charge in [0.05, 0.1) is 7.11 Å². The Hall–Kier alpha value is -1.70. The first-order valence-electron chi connectivity index (χ1n) is 7.56. The van der Waals surface area contributed by atoms with Gasteiger partial charge in [0, 0.05) is 11.5 Å². The standard InChI is InChI=1S/C19H26O2/c1-11(2)15-8-7-12(3)9-16(15)18-17(21-6)10-13(4)14(5)19(18)20/h9-10,15-16,20H,1,7-8H2,2-6H3/t15-,16?/m0/s1. The van der Waals surface area contributed by atoms with E-state index in [2.05, 4.69) is 26.5 Å². The van der Waals surface area contributed by atoms with Crippen LogP contribution < -0.4 is 4.74 Å². The Labute approximate surface area is 128 Å². The number of aryl methyl sites for hydroxylation is 1. The van der Waals surface area contributed by atoms with Gasteiger partial charge < -0.3 is 9.84 Å². The fourth-order valence-corrected chi connectivity index (χ4v) is 3.29. The van der Waals surface area contributed by atoms with Gasteiger partial charge in [-0.15, -0.1) is 0 Å². The number of phenolic OH excluding ortho intramolecular Hbond substituents is 1. The number of ether oxygens (including phenoxy) is 1. The molecule has 0 amide bonds. The predicted molar refractivity (Wildman–Crippen MR) is 88.2 cm³/mol. The highest BCUT2D eigenvalue weighted by Crippen LogP contribution is 2.47. The van der Waals surface area contributed by atoms with Crippen LogP contribution in [0.5, 0.6) is 11.5 Å². The van der Waals surface area contributed by atoms with E-state index < -0.39 is 0 Å². The zero-order chi connectivity index (χ0) is 15.7. The second kappa shape index (κ2) is 5.97. The summed E-state index contributed by atoms with van der Waals surface area (Å²) in [5.41, 5.74) is 5.44. The molecule has 0 aromatic heterocycles. The molecular formula is C19H26O2. The SMILES string of the molecule is C=C(C)[C@@H]1CCC(C)=CC1c1c(OC)cc(C)c(C)c1O. The molecule has 21 heavy (non-hydrogen) atoms. The average Bonchev–Trinajstić information content (AvgIpc) is 2.43. The molecule has 0 saturated carbocycles. The van der Waals surface area contributed by atoms with E-state index in [1.807, 2.05) is 19.9 Å². The zero-order valence-electron chi connectivity index (χ0n) is 13.8. The molecule has 0 heterocycles. The summed E-state index contributed by atoms with van der Waals surface area (Å²) in [5, 5.41) is 10.7. The van der Waals surface area contributed by atoms with E-state index >= 15 is 0 Å². The Morgan fingerprint density at radius 1 is 1.33 bits per heavy atom. The van der Waals surface area contributed by atoms with Gasteiger partial charge in [0.25, 0.3) is 0 Å². The van der Waals surface area contributed by atoms with Crippen molar-refractivity contribution in [3.05, 3.63) is 46.6 Å². The molecule has 0 fully saturated rings. The van der Waals surface area contributed by atoms with Gasteiger partial charge in [-0.1, -0.05) is 23.8 Å². The van der Waals surface area contributed by atoms with Gasteiger partial charge in [0.2, 0.25) is 0 Å². The lowest BCUT2D eigenvalue weighted by molar-refractivity contribution is 0.380.